The first-order valence-electron chi connectivity index (χ1n) is 5.10. The maximum atomic E-state index is 13.7. The monoisotopic (exact) mass is 303 g/mol. The van der Waals surface area contributed by atoms with Gasteiger partial charge in [-0.2, -0.15) is 0 Å². The molecule has 0 bridgehead atoms. The Balaban J connectivity index is 2.85. The molecule has 19 heavy (non-hydrogen) atoms. The Morgan fingerprint density at radius 3 is 2.58 bits per heavy atom. The highest BCUT2D eigenvalue weighted by Crippen LogP contribution is 2.36. The van der Waals surface area contributed by atoms with Gasteiger partial charge in [0.2, 0.25) is 0 Å². The summed E-state index contributed by atoms with van der Waals surface area (Å²) in [6, 6.07) is 2.60. The van der Waals surface area contributed by atoms with Crippen molar-refractivity contribution in [1.82, 2.24) is 4.98 Å². The maximum absolute atomic E-state index is 13.7. The largest absolute Gasteiger partial charge is 0.496 e. The number of ether oxygens (including phenoxy) is 2. The van der Waals surface area contributed by atoms with Crippen LogP contribution in [0.3, 0.4) is 0 Å². The van der Waals surface area contributed by atoms with Crippen molar-refractivity contribution < 1.29 is 18.7 Å². The first-order valence-corrected chi connectivity index (χ1v) is 5.85. The molecule has 7 heteroatoms. The van der Waals surface area contributed by atoms with E-state index in [-0.39, 0.29) is 32.4 Å². The summed E-state index contributed by atoms with van der Waals surface area (Å²) in [6.07, 6.45) is 0. The molecule has 0 fully saturated rings. The van der Waals surface area contributed by atoms with E-state index in [0.717, 1.165) is 0 Å². The average molecular weight is 304 g/mol. The third kappa shape index (κ3) is 2.31. The molecule has 0 amide bonds. The van der Waals surface area contributed by atoms with Crippen LogP contribution in [0.1, 0.15) is 10.5 Å². The topological polar surface area (TPSA) is 48.4 Å². The average Bonchev–Trinajstić information content (AvgIpc) is 2.42. The van der Waals surface area contributed by atoms with E-state index in [2.05, 4.69) is 9.72 Å². The summed E-state index contributed by atoms with van der Waals surface area (Å²) in [5, 5.41) is -0.143. The number of benzene rings is 1. The van der Waals surface area contributed by atoms with Gasteiger partial charge in [-0.25, -0.2) is 14.2 Å². The summed E-state index contributed by atoms with van der Waals surface area (Å²) in [7, 11) is 2.60. The number of aromatic nitrogens is 1. The van der Waals surface area contributed by atoms with Gasteiger partial charge in [0, 0.05) is 6.07 Å². The van der Waals surface area contributed by atoms with Crippen molar-refractivity contribution in [2.24, 2.45) is 0 Å². The number of hydrogen-bond donors (Lipinski definition) is 0. The molecule has 0 saturated heterocycles. The highest BCUT2D eigenvalue weighted by molar-refractivity contribution is 6.39. The van der Waals surface area contributed by atoms with Crippen molar-refractivity contribution >= 4 is 40.1 Å². The molecular weight excluding hydrogens is 296 g/mol. The molecule has 4 nitrogen and oxygen atoms in total. The van der Waals surface area contributed by atoms with Gasteiger partial charge in [-0.3, -0.25) is 0 Å². The zero-order chi connectivity index (χ0) is 14.2. The summed E-state index contributed by atoms with van der Waals surface area (Å²) in [5.41, 5.74) is 0.266. The fraction of sp³-hybridized carbons (Fsp3) is 0.167. The molecule has 0 spiro atoms. The molecule has 100 valence electrons. The van der Waals surface area contributed by atoms with E-state index in [1.54, 1.807) is 0 Å². The number of hydrogen-bond acceptors (Lipinski definition) is 4. The fourth-order valence-corrected chi connectivity index (χ4v) is 2.17. The Bertz CT molecular complexity index is 676. The number of methoxy groups -OCH3 is 2. The quantitative estimate of drug-likeness (QED) is 0.629. The number of rotatable bonds is 2. The van der Waals surface area contributed by atoms with Crippen LogP contribution in [-0.4, -0.2) is 25.2 Å². The number of pyridine rings is 1. The number of carbonyl (C=O) groups is 1. The maximum Gasteiger partial charge on any atom is 0.356 e. The van der Waals surface area contributed by atoms with Crippen LogP contribution in [0.5, 0.6) is 5.75 Å². The summed E-state index contributed by atoms with van der Waals surface area (Å²) in [4.78, 5) is 15.5. The summed E-state index contributed by atoms with van der Waals surface area (Å²) in [6.45, 7) is 0. The van der Waals surface area contributed by atoms with Gasteiger partial charge in [0.05, 0.1) is 35.2 Å². The van der Waals surface area contributed by atoms with Gasteiger partial charge in [0.1, 0.15) is 5.75 Å². The third-order valence-corrected chi connectivity index (χ3v) is 3.14. The molecule has 0 atom stereocenters. The minimum absolute atomic E-state index is 0.0191. The SMILES string of the molecule is COC(=O)c1cc(OC)c2c(Cl)c(F)c(Cl)cc2n1. The van der Waals surface area contributed by atoms with E-state index >= 15 is 0 Å². The van der Waals surface area contributed by atoms with E-state index in [1.807, 2.05) is 0 Å². The van der Waals surface area contributed by atoms with E-state index in [0.29, 0.717) is 0 Å². The number of esters is 1. The molecule has 2 aromatic rings. The van der Waals surface area contributed by atoms with Gasteiger partial charge >= 0.3 is 5.97 Å². The number of halogens is 3. The number of fused-ring (bicyclic) bond motifs is 1. The molecule has 1 aromatic heterocycles. The van der Waals surface area contributed by atoms with Gasteiger partial charge in [-0.05, 0) is 6.07 Å². The van der Waals surface area contributed by atoms with Crippen molar-refractivity contribution in [2.75, 3.05) is 14.2 Å². The number of carbonyl (C=O) groups excluding carboxylic acids is 1. The van der Waals surface area contributed by atoms with Crippen LogP contribution in [0.2, 0.25) is 10.0 Å². The van der Waals surface area contributed by atoms with Gasteiger partial charge in [-0.1, -0.05) is 23.2 Å². The lowest BCUT2D eigenvalue weighted by Crippen LogP contribution is -2.05. The van der Waals surface area contributed by atoms with Crippen LogP contribution in [0.15, 0.2) is 12.1 Å². The first-order chi connectivity index (χ1) is 8.99. The van der Waals surface area contributed by atoms with Crippen molar-refractivity contribution in [1.29, 1.82) is 0 Å². The Morgan fingerprint density at radius 1 is 1.32 bits per heavy atom. The molecule has 0 N–H and O–H groups in total. The molecule has 0 unspecified atom stereocenters. The zero-order valence-corrected chi connectivity index (χ0v) is 11.5. The fourth-order valence-electron chi connectivity index (χ4n) is 1.63. The molecule has 0 aliphatic heterocycles. The third-order valence-electron chi connectivity index (χ3n) is 2.51. The van der Waals surface area contributed by atoms with Crippen LogP contribution < -0.4 is 4.74 Å². The standard InChI is InChI=1S/C12H8Cl2FNO3/c1-18-8-4-7(12(17)19-2)16-6-3-5(13)11(15)10(14)9(6)8/h3-4H,1-2H3. The number of nitrogens with zero attached hydrogens (tertiary/aromatic N) is 1. The van der Waals surface area contributed by atoms with Crippen molar-refractivity contribution in [3.05, 3.63) is 33.7 Å². The summed E-state index contributed by atoms with van der Waals surface area (Å²) < 4.78 is 23.3. The minimum atomic E-state index is -0.762. The molecular formula is C12H8Cl2FNO3. The smallest absolute Gasteiger partial charge is 0.356 e. The highest BCUT2D eigenvalue weighted by Gasteiger charge is 2.19. The van der Waals surface area contributed by atoms with Gasteiger partial charge in [0.15, 0.2) is 11.5 Å². The molecule has 1 aromatic carbocycles. The predicted molar refractivity (Wildman–Crippen MR) is 69.6 cm³/mol. The Hall–Kier alpha value is -1.59. The van der Waals surface area contributed by atoms with Crippen LogP contribution >= 0.6 is 23.2 Å². The molecule has 2 rings (SSSR count). The zero-order valence-electron chi connectivity index (χ0n) is 9.96. The molecule has 0 saturated carbocycles. The second kappa shape index (κ2) is 5.19. The predicted octanol–water partition coefficient (Wildman–Crippen LogP) is 3.48. The second-order valence-corrected chi connectivity index (χ2v) is 4.37. The van der Waals surface area contributed by atoms with E-state index in [1.165, 1.54) is 26.4 Å². The van der Waals surface area contributed by atoms with Crippen LogP contribution in [0, 0.1) is 5.82 Å². The molecule has 1 heterocycles. The normalized spacial score (nSPS) is 10.6. The van der Waals surface area contributed by atoms with E-state index in [9.17, 15) is 9.18 Å². The second-order valence-electron chi connectivity index (χ2n) is 3.58. The lowest BCUT2D eigenvalue weighted by Gasteiger charge is -2.10. The lowest BCUT2D eigenvalue weighted by molar-refractivity contribution is 0.0594. The Morgan fingerprint density at radius 2 is 2.00 bits per heavy atom. The Kier molecular flexibility index (Phi) is 3.78. The van der Waals surface area contributed by atoms with E-state index < -0.39 is 11.8 Å². The van der Waals surface area contributed by atoms with E-state index in [4.69, 9.17) is 27.9 Å². The summed E-state index contributed by atoms with van der Waals surface area (Å²) >= 11 is 11.6. The van der Waals surface area contributed by atoms with Crippen LogP contribution in [0.4, 0.5) is 4.39 Å². The van der Waals surface area contributed by atoms with Gasteiger partial charge in [-0.15, -0.1) is 0 Å². The summed E-state index contributed by atoms with van der Waals surface area (Å²) in [5.74, 6) is -1.19. The molecule has 0 aliphatic rings. The van der Waals surface area contributed by atoms with Crippen molar-refractivity contribution in [2.45, 2.75) is 0 Å². The van der Waals surface area contributed by atoms with Crippen LogP contribution in [0.25, 0.3) is 10.9 Å². The Labute approximate surface area is 118 Å². The van der Waals surface area contributed by atoms with Gasteiger partial charge in [0.25, 0.3) is 0 Å². The minimum Gasteiger partial charge on any atom is -0.496 e. The molecule has 0 aliphatic carbocycles. The van der Waals surface area contributed by atoms with Crippen molar-refractivity contribution in [3.8, 4) is 5.75 Å². The molecule has 0 radical (unpaired) electrons. The van der Waals surface area contributed by atoms with Crippen molar-refractivity contribution in [3.63, 3.8) is 0 Å². The highest BCUT2D eigenvalue weighted by atomic mass is 35.5. The van der Waals surface area contributed by atoms with Gasteiger partial charge < -0.3 is 9.47 Å². The van der Waals surface area contributed by atoms with Crippen LogP contribution in [-0.2, 0) is 4.74 Å². The lowest BCUT2D eigenvalue weighted by atomic mass is 10.1. The first kappa shape index (κ1) is 13.8.